The van der Waals surface area contributed by atoms with E-state index in [0.29, 0.717) is 23.0 Å². The van der Waals surface area contributed by atoms with Gasteiger partial charge in [-0.1, -0.05) is 170 Å². The molecule has 9 aromatic carbocycles. The highest BCUT2D eigenvalue weighted by atomic mass is 15.0. The second-order valence-corrected chi connectivity index (χ2v) is 14.6. The van der Waals surface area contributed by atoms with E-state index >= 15 is 0 Å². The van der Waals surface area contributed by atoms with Crippen LogP contribution in [0.1, 0.15) is 5.56 Å². The first-order valence-corrected chi connectivity index (χ1v) is 19.4. The molecule has 0 atom stereocenters. The van der Waals surface area contributed by atoms with Crippen LogP contribution >= 0.6 is 0 Å². The number of rotatable bonds is 6. The van der Waals surface area contributed by atoms with Gasteiger partial charge in [-0.3, -0.25) is 0 Å². The summed E-state index contributed by atoms with van der Waals surface area (Å²) < 4.78 is 0. The Hall–Kier alpha value is -8.00. The van der Waals surface area contributed by atoms with Crippen molar-refractivity contribution in [3.8, 4) is 95.9 Å². The predicted molar refractivity (Wildman–Crippen MR) is 237 cm³/mol. The smallest absolute Gasteiger partial charge is 0.164 e. The SMILES string of the molecule is N#Cc1cccc(-c2cccc(-c3nc(-c4ccccc4)nc(-c4ccc5c(-c6ccccc6)c6c(c(-c7ccccc7)c5c4)-c4cccc5cccc-6c45)n3)c2)c1. The van der Waals surface area contributed by atoms with E-state index in [1.165, 1.54) is 55.1 Å². The van der Waals surface area contributed by atoms with E-state index in [0.717, 1.165) is 38.8 Å². The summed E-state index contributed by atoms with van der Waals surface area (Å²) in [6.45, 7) is 0. The van der Waals surface area contributed by atoms with Gasteiger partial charge in [0.2, 0.25) is 0 Å². The first-order valence-electron chi connectivity index (χ1n) is 19.4. The molecule has 0 saturated heterocycles. The Bertz CT molecular complexity index is 3270. The zero-order valence-corrected chi connectivity index (χ0v) is 31.3. The van der Waals surface area contributed by atoms with Crippen molar-refractivity contribution in [1.29, 1.82) is 5.26 Å². The fourth-order valence-corrected chi connectivity index (χ4v) is 8.69. The molecule has 0 unspecified atom stereocenters. The quantitative estimate of drug-likeness (QED) is 0.170. The van der Waals surface area contributed by atoms with Gasteiger partial charge in [-0.2, -0.15) is 5.26 Å². The number of nitriles is 1. The molecule has 0 radical (unpaired) electrons. The zero-order valence-electron chi connectivity index (χ0n) is 31.3. The summed E-state index contributed by atoms with van der Waals surface area (Å²) >= 11 is 0. The summed E-state index contributed by atoms with van der Waals surface area (Å²) in [7, 11) is 0. The Morgan fingerprint density at radius 1 is 0.328 bits per heavy atom. The van der Waals surface area contributed by atoms with Gasteiger partial charge in [-0.15, -0.1) is 0 Å². The van der Waals surface area contributed by atoms with E-state index in [2.05, 4.69) is 133 Å². The second kappa shape index (κ2) is 13.6. The van der Waals surface area contributed by atoms with Crippen molar-refractivity contribution in [2.45, 2.75) is 0 Å². The molecule has 0 fully saturated rings. The number of aromatic nitrogens is 3. The van der Waals surface area contributed by atoms with E-state index in [1.807, 2.05) is 66.7 Å². The minimum Gasteiger partial charge on any atom is -0.208 e. The van der Waals surface area contributed by atoms with E-state index in [4.69, 9.17) is 15.0 Å². The molecule has 11 rings (SSSR count). The van der Waals surface area contributed by atoms with Gasteiger partial charge in [0, 0.05) is 16.7 Å². The molecule has 4 nitrogen and oxygen atoms in total. The number of hydrogen-bond acceptors (Lipinski definition) is 4. The van der Waals surface area contributed by atoms with Crippen LogP contribution in [0.4, 0.5) is 0 Å². The fourth-order valence-electron chi connectivity index (χ4n) is 8.69. The van der Waals surface area contributed by atoms with Gasteiger partial charge in [-0.25, -0.2) is 15.0 Å². The van der Waals surface area contributed by atoms with Crippen LogP contribution in [0.2, 0.25) is 0 Å². The first-order chi connectivity index (χ1) is 28.7. The highest BCUT2D eigenvalue weighted by Crippen LogP contribution is 2.57. The fraction of sp³-hybridized carbons (Fsp3) is 0. The van der Waals surface area contributed by atoms with E-state index in [9.17, 15) is 5.26 Å². The summed E-state index contributed by atoms with van der Waals surface area (Å²) in [6.07, 6.45) is 0. The summed E-state index contributed by atoms with van der Waals surface area (Å²) in [5.74, 6) is 1.77. The van der Waals surface area contributed by atoms with Crippen LogP contribution in [-0.2, 0) is 0 Å². The highest BCUT2D eigenvalue weighted by Gasteiger charge is 2.30. The standard InChI is InChI=1S/C54H32N4/c55-33-34-14-10-23-39(30-34)40-24-11-25-41(31-40)53-56-52(38-19-8-3-9-20-38)57-54(58-53)42-28-29-43-46(32-42)49(37-17-6-2-7-18-37)51-45-27-13-22-35-21-12-26-44(47(35)45)50(51)48(43)36-15-4-1-5-16-36/h1-32H. The molecular formula is C54H32N4. The molecule has 0 bridgehead atoms. The van der Waals surface area contributed by atoms with Crippen molar-refractivity contribution in [2.75, 3.05) is 0 Å². The molecule has 0 amide bonds. The summed E-state index contributed by atoms with van der Waals surface area (Å²) in [6, 6.07) is 69.9. The summed E-state index contributed by atoms with van der Waals surface area (Å²) in [5.41, 5.74) is 15.0. The molecule has 10 aromatic rings. The molecule has 0 spiro atoms. The minimum absolute atomic E-state index is 0.576. The monoisotopic (exact) mass is 736 g/mol. The molecular weight excluding hydrogens is 705 g/mol. The second-order valence-electron chi connectivity index (χ2n) is 14.6. The lowest BCUT2D eigenvalue weighted by Crippen LogP contribution is -2.01. The molecule has 58 heavy (non-hydrogen) atoms. The molecule has 1 heterocycles. The van der Waals surface area contributed by atoms with Crippen molar-refractivity contribution in [2.24, 2.45) is 0 Å². The van der Waals surface area contributed by atoms with Crippen LogP contribution in [0.3, 0.4) is 0 Å². The van der Waals surface area contributed by atoms with Gasteiger partial charge in [0.15, 0.2) is 17.5 Å². The molecule has 0 N–H and O–H groups in total. The lowest BCUT2D eigenvalue weighted by molar-refractivity contribution is 1.07. The number of fused-ring (bicyclic) bond motifs is 4. The van der Waals surface area contributed by atoms with E-state index in [1.54, 1.807) is 0 Å². The average molecular weight is 737 g/mol. The molecule has 268 valence electrons. The van der Waals surface area contributed by atoms with Crippen LogP contribution in [-0.4, -0.2) is 15.0 Å². The Morgan fingerprint density at radius 3 is 1.40 bits per heavy atom. The van der Waals surface area contributed by atoms with Gasteiger partial charge in [-0.05, 0) is 101 Å². The summed E-state index contributed by atoms with van der Waals surface area (Å²) in [5, 5.41) is 14.4. The Kier molecular flexibility index (Phi) is 7.84. The van der Waals surface area contributed by atoms with Crippen molar-refractivity contribution >= 4 is 21.5 Å². The molecule has 1 aliphatic rings. The van der Waals surface area contributed by atoms with Crippen LogP contribution in [0, 0.1) is 11.3 Å². The number of hydrogen-bond donors (Lipinski definition) is 0. The van der Waals surface area contributed by atoms with Crippen LogP contribution < -0.4 is 0 Å². The third kappa shape index (κ3) is 5.49. The van der Waals surface area contributed by atoms with Crippen molar-refractivity contribution in [1.82, 2.24) is 15.0 Å². The number of benzene rings is 9. The van der Waals surface area contributed by atoms with Gasteiger partial charge in [0.1, 0.15) is 0 Å². The van der Waals surface area contributed by atoms with Crippen LogP contribution in [0.5, 0.6) is 0 Å². The largest absolute Gasteiger partial charge is 0.208 e. The topological polar surface area (TPSA) is 62.5 Å². The molecule has 1 aliphatic carbocycles. The van der Waals surface area contributed by atoms with Gasteiger partial charge in [0.05, 0.1) is 11.6 Å². The first kappa shape index (κ1) is 33.3. The Morgan fingerprint density at radius 2 is 0.793 bits per heavy atom. The third-order valence-corrected chi connectivity index (χ3v) is 11.2. The van der Waals surface area contributed by atoms with Crippen molar-refractivity contribution < 1.29 is 0 Å². The van der Waals surface area contributed by atoms with E-state index in [-0.39, 0.29) is 0 Å². The lowest BCUT2D eigenvalue weighted by atomic mass is 9.82. The predicted octanol–water partition coefficient (Wildman–Crippen LogP) is 13.7. The van der Waals surface area contributed by atoms with Crippen molar-refractivity contribution in [3.63, 3.8) is 0 Å². The summed E-state index contributed by atoms with van der Waals surface area (Å²) in [4.78, 5) is 15.5. The maximum absolute atomic E-state index is 9.58. The molecule has 0 saturated carbocycles. The minimum atomic E-state index is 0.576. The maximum atomic E-state index is 9.58. The lowest BCUT2D eigenvalue weighted by Gasteiger charge is -2.21. The Balaban J connectivity index is 1.19. The van der Waals surface area contributed by atoms with Gasteiger partial charge < -0.3 is 0 Å². The Labute approximate surface area is 336 Å². The molecule has 1 aromatic heterocycles. The maximum Gasteiger partial charge on any atom is 0.164 e. The zero-order chi connectivity index (χ0) is 38.6. The molecule has 0 aliphatic heterocycles. The van der Waals surface area contributed by atoms with Gasteiger partial charge in [0.25, 0.3) is 0 Å². The van der Waals surface area contributed by atoms with Crippen LogP contribution in [0.25, 0.3) is 111 Å². The average Bonchev–Trinajstić information content (AvgIpc) is 3.63. The van der Waals surface area contributed by atoms with Crippen LogP contribution in [0.15, 0.2) is 194 Å². The third-order valence-electron chi connectivity index (χ3n) is 11.2. The van der Waals surface area contributed by atoms with Gasteiger partial charge >= 0.3 is 0 Å². The molecule has 4 heteroatoms. The highest BCUT2D eigenvalue weighted by molar-refractivity contribution is 6.27. The van der Waals surface area contributed by atoms with Crippen molar-refractivity contribution in [3.05, 3.63) is 200 Å². The number of nitrogens with zero attached hydrogens (tertiary/aromatic N) is 4. The normalized spacial score (nSPS) is 11.4. The van der Waals surface area contributed by atoms with E-state index < -0.39 is 0 Å².